The van der Waals surface area contributed by atoms with Crippen LogP contribution in [-0.4, -0.2) is 50.6 Å². The minimum Gasteiger partial charge on any atom is -0.374 e. The first-order valence-electron chi connectivity index (χ1n) is 9.01. The third kappa shape index (κ3) is 11.7. The van der Waals surface area contributed by atoms with E-state index in [-0.39, 0.29) is 47.8 Å². The van der Waals surface area contributed by atoms with E-state index in [1.165, 1.54) is 12.1 Å². The van der Waals surface area contributed by atoms with E-state index in [1.807, 2.05) is 45.7 Å². The Balaban J connectivity index is 0.00000676. The molecule has 0 aliphatic rings. The SMILES string of the molecule is CCNC(=NCC(=O)NC(C)(C)C)NCCCN(C)c1cccc(F)c1.I. The first kappa shape index (κ1) is 25.4. The molecule has 1 aromatic carbocycles. The van der Waals surface area contributed by atoms with E-state index in [9.17, 15) is 9.18 Å². The number of aliphatic imine (C=N–C) groups is 1. The smallest absolute Gasteiger partial charge is 0.242 e. The number of nitrogens with one attached hydrogen (secondary N) is 3. The molecule has 0 aliphatic heterocycles. The molecule has 0 fully saturated rings. The first-order valence-corrected chi connectivity index (χ1v) is 9.01. The van der Waals surface area contributed by atoms with Gasteiger partial charge in [0.05, 0.1) is 0 Å². The highest BCUT2D eigenvalue weighted by atomic mass is 127. The van der Waals surface area contributed by atoms with E-state index in [0.29, 0.717) is 12.5 Å². The predicted molar refractivity (Wildman–Crippen MR) is 122 cm³/mol. The highest BCUT2D eigenvalue weighted by Crippen LogP contribution is 2.13. The lowest BCUT2D eigenvalue weighted by Crippen LogP contribution is -2.43. The van der Waals surface area contributed by atoms with Gasteiger partial charge in [0, 0.05) is 37.9 Å². The zero-order valence-corrected chi connectivity index (χ0v) is 19.3. The number of carbonyl (C=O) groups is 1. The van der Waals surface area contributed by atoms with Gasteiger partial charge in [-0.2, -0.15) is 0 Å². The van der Waals surface area contributed by atoms with E-state index in [1.54, 1.807) is 6.07 Å². The summed E-state index contributed by atoms with van der Waals surface area (Å²) in [5.74, 6) is 0.271. The van der Waals surface area contributed by atoms with E-state index >= 15 is 0 Å². The summed E-state index contributed by atoms with van der Waals surface area (Å²) in [7, 11) is 1.94. The van der Waals surface area contributed by atoms with Crippen molar-refractivity contribution in [1.82, 2.24) is 16.0 Å². The van der Waals surface area contributed by atoms with Crippen LogP contribution < -0.4 is 20.9 Å². The van der Waals surface area contributed by atoms with Gasteiger partial charge in [0.1, 0.15) is 12.4 Å². The fourth-order valence-electron chi connectivity index (χ4n) is 2.32. The van der Waals surface area contributed by atoms with E-state index < -0.39 is 0 Å². The first-order chi connectivity index (χ1) is 12.2. The molecule has 1 rings (SSSR count). The van der Waals surface area contributed by atoms with Crippen molar-refractivity contribution in [3.8, 4) is 0 Å². The topological polar surface area (TPSA) is 68.8 Å². The molecule has 0 spiro atoms. The standard InChI is InChI=1S/C19H32FN5O.HI/c1-6-21-18(23-14-17(26)24-19(2,3)4)22-11-8-12-25(5)16-10-7-9-15(20)13-16;/h7,9-10,13H,6,8,11-12,14H2,1-5H3,(H,24,26)(H2,21,22,23);1H. The molecule has 0 saturated carbocycles. The van der Waals surface area contributed by atoms with Gasteiger partial charge < -0.3 is 20.9 Å². The van der Waals surface area contributed by atoms with Gasteiger partial charge in [0.25, 0.3) is 0 Å². The maximum Gasteiger partial charge on any atom is 0.242 e. The van der Waals surface area contributed by atoms with Gasteiger partial charge in [-0.25, -0.2) is 9.38 Å². The van der Waals surface area contributed by atoms with Gasteiger partial charge in [-0.05, 0) is 52.3 Å². The quantitative estimate of drug-likeness (QED) is 0.226. The third-order valence-corrected chi connectivity index (χ3v) is 3.45. The Morgan fingerprint density at radius 3 is 2.56 bits per heavy atom. The molecule has 0 aromatic heterocycles. The average molecular weight is 493 g/mol. The number of hydrogen-bond donors (Lipinski definition) is 3. The number of anilines is 1. The Morgan fingerprint density at radius 1 is 1.26 bits per heavy atom. The van der Waals surface area contributed by atoms with Gasteiger partial charge >= 0.3 is 0 Å². The van der Waals surface area contributed by atoms with Crippen molar-refractivity contribution in [3.05, 3.63) is 30.1 Å². The summed E-state index contributed by atoms with van der Waals surface area (Å²) in [4.78, 5) is 18.2. The molecule has 3 N–H and O–H groups in total. The molecule has 1 aromatic rings. The second-order valence-electron chi connectivity index (χ2n) is 7.18. The van der Waals surface area contributed by atoms with Crippen molar-refractivity contribution >= 4 is 41.5 Å². The van der Waals surface area contributed by atoms with Crippen LogP contribution in [0.2, 0.25) is 0 Å². The third-order valence-electron chi connectivity index (χ3n) is 3.45. The van der Waals surface area contributed by atoms with Crippen LogP contribution in [0.5, 0.6) is 0 Å². The number of carbonyl (C=O) groups excluding carboxylic acids is 1. The molecule has 6 nitrogen and oxygen atoms in total. The molecule has 154 valence electrons. The summed E-state index contributed by atoms with van der Waals surface area (Å²) < 4.78 is 13.3. The van der Waals surface area contributed by atoms with Crippen molar-refractivity contribution < 1.29 is 9.18 Å². The van der Waals surface area contributed by atoms with Crippen LogP contribution in [-0.2, 0) is 4.79 Å². The zero-order chi connectivity index (χ0) is 19.6. The van der Waals surface area contributed by atoms with Crippen LogP contribution in [0.25, 0.3) is 0 Å². The Labute approximate surface area is 179 Å². The van der Waals surface area contributed by atoms with Crippen molar-refractivity contribution in [2.24, 2.45) is 4.99 Å². The Kier molecular flexibility index (Phi) is 12.0. The Morgan fingerprint density at radius 2 is 1.96 bits per heavy atom. The molecular formula is C19H33FIN5O. The van der Waals surface area contributed by atoms with Gasteiger partial charge in [-0.15, -0.1) is 24.0 Å². The second kappa shape index (κ2) is 12.7. The zero-order valence-electron chi connectivity index (χ0n) is 16.9. The summed E-state index contributed by atoms with van der Waals surface area (Å²) in [6.45, 7) is 10.1. The van der Waals surface area contributed by atoms with Crippen molar-refractivity contribution in [2.45, 2.75) is 39.7 Å². The van der Waals surface area contributed by atoms with Crippen LogP contribution in [0.4, 0.5) is 10.1 Å². The van der Waals surface area contributed by atoms with Crippen LogP contribution in [0, 0.1) is 5.82 Å². The molecule has 0 bridgehead atoms. The maximum atomic E-state index is 13.3. The number of nitrogens with zero attached hydrogens (tertiary/aromatic N) is 2. The molecular weight excluding hydrogens is 460 g/mol. The van der Waals surface area contributed by atoms with Crippen LogP contribution >= 0.6 is 24.0 Å². The van der Waals surface area contributed by atoms with Gasteiger partial charge in [-0.1, -0.05) is 6.07 Å². The lowest BCUT2D eigenvalue weighted by atomic mass is 10.1. The molecule has 0 heterocycles. The highest BCUT2D eigenvalue weighted by molar-refractivity contribution is 14.0. The van der Waals surface area contributed by atoms with Gasteiger partial charge in [0.2, 0.25) is 5.91 Å². The molecule has 0 radical (unpaired) electrons. The monoisotopic (exact) mass is 493 g/mol. The largest absolute Gasteiger partial charge is 0.374 e. The average Bonchev–Trinajstić information content (AvgIpc) is 2.54. The predicted octanol–water partition coefficient (Wildman–Crippen LogP) is 2.74. The summed E-state index contributed by atoms with van der Waals surface area (Å²) in [6, 6.07) is 6.55. The summed E-state index contributed by atoms with van der Waals surface area (Å²) >= 11 is 0. The molecule has 0 aliphatic carbocycles. The molecule has 27 heavy (non-hydrogen) atoms. The van der Waals surface area contributed by atoms with Crippen LogP contribution in [0.3, 0.4) is 0 Å². The fourth-order valence-corrected chi connectivity index (χ4v) is 2.32. The van der Waals surface area contributed by atoms with E-state index in [2.05, 4.69) is 20.9 Å². The van der Waals surface area contributed by atoms with Gasteiger partial charge in [0.15, 0.2) is 5.96 Å². The van der Waals surface area contributed by atoms with Gasteiger partial charge in [-0.3, -0.25) is 4.79 Å². The molecule has 8 heteroatoms. The number of guanidine groups is 1. The Bertz CT molecular complexity index is 604. The number of halogens is 2. The van der Waals surface area contributed by atoms with Crippen molar-refractivity contribution in [3.63, 3.8) is 0 Å². The number of hydrogen-bond acceptors (Lipinski definition) is 3. The maximum absolute atomic E-state index is 13.3. The molecule has 0 atom stereocenters. The number of rotatable bonds is 8. The van der Waals surface area contributed by atoms with E-state index in [4.69, 9.17) is 0 Å². The second-order valence-corrected chi connectivity index (χ2v) is 7.18. The fraction of sp³-hybridized carbons (Fsp3) is 0.579. The van der Waals surface area contributed by atoms with E-state index in [0.717, 1.165) is 25.2 Å². The Hall–Kier alpha value is -1.58. The minimum absolute atomic E-state index is 0. The highest BCUT2D eigenvalue weighted by Gasteiger charge is 2.13. The normalized spacial score (nSPS) is 11.4. The number of benzene rings is 1. The van der Waals surface area contributed by atoms with Crippen LogP contribution in [0.1, 0.15) is 34.1 Å². The summed E-state index contributed by atoms with van der Waals surface area (Å²) in [5, 5.41) is 9.22. The summed E-state index contributed by atoms with van der Waals surface area (Å²) in [5.41, 5.74) is 0.587. The van der Waals surface area contributed by atoms with Crippen molar-refractivity contribution in [1.29, 1.82) is 0 Å². The lowest BCUT2D eigenvalue weighted by Gasteiger charge is -2.20. The lowest BCUT2D eigenvalue weighted by molar-refractivity contribution is -0.121. The minimum atomic E-state index is -0.264. The molecule has 0 unspecified atom stereocenters. The molecule has 1 amide bonds. The van der Waals surface area contributed by atoms with Crippen LogP contribution in [0.15, 0.2) is 29.3 Å². The van der Waals surface area contributed by atoms with Crippen molar-refractivity contribution in [2.75, 3.05) is 38.1 Å². The number of amides is 1. The summed E-state index contributed by atoms with van der Waals surface area (Å²) in [6.07, 6.45) is 0.853. The molecule has 0 saturated heterocycles.